The van der Waals surface area contributed by atoms with E-state index < -0.39 is 8.32 Å². The van der Waals surface area contributed by atoms with Crippen molar-refractivity contribution in [1.82, 2.24) is 0 Å². The molecule has 116 valence electrons. The van der Waals surface area contributed by atoms with Crippen molar-refractivity contribution in [2.75, 3.05) is 13.7 Å². The zero-order valence-corrected chi connectivity index (χ0v) is 14.6. The van der Waals surface area contributed by atoms with Gasteiger partial charge in [0.2, 0.25) is 0 Å². The molecule has 20 heavy (non-hydrogen) atoms. The van der Waals surface area contributed by atoms with E-state index in [2.05, 4.69) is 38.6 Å². The van der Waals surface area contributed by atoms with Crippen LogP contribution in [0, 0.1) is 0 Å². The van der Waals surface area contributed by atoms with Gasteiger partial charge in [-0.3, -0.25) is 0 Å². The summed E-state index contributed by atoms with van der Waals surface area (Å²) in [5.41, 5.74) is 0. The Morgan fingerprint density at radius 3 is 2.50 bits per heavy atom. The maximum Gasteiger partial charge on any atom is 0.330 e. The minimum absolute atomic E-state index is 0.235. The topological polar surface area (TPSA) is 48.1 Å². The minimum atomic E-state index is -1.64. The van der Waals surface area contributed by atoms with Crippen molar-refractivity contribution in [2.45, 2.75) is 64.0 Å². The fourth-order valence-corrected chi connectivity index (χ4v) is 2.71. The molecule has 0 amide bonds. The van der Waals surface area contributed by atoms with Crippen molar-refractivity contribution in [3.8, 4) is 0 Å². The number of carbonyl (C=O) groups excluding carboxylic acids is 1. The highest BCUT2D eigenvalue weighted by Crippen LogP contribution is 2.37. The molecule has 5 heteroatoms. The molecule has 4 nitrogen and oxygen atoms in total. The predicted molar refractivity (Wildman–Crippen MR) is 82.2 cm³/mol. The number of methoxy groups -OCH3 is 1. The van der Waals surface area contributed by atoms with Crippen LogP contribution in [-0.2, 0) is 18.7 Å². The van der Waals surface area contributed by atoms with Crippen LogP contribution in [0.15, 0.2) is 12.2 Å². The highest BCUT2D eigenvalue weighted by molar-refractivity contribution is 6.74. The van der Waals surface area contributed by atoms with Gasteiger partial charge >= 0.3 is 5.97 Å². The molecule has 0 unspecified atom stereocenters. The first-order valence-corrected chi connectivity index (χ1v) is 10.1. The van der Waals surface area contributed by atoms with Gasteiger partial charge in [0.05, 0.1) is 19.3 Å². The Bertz CT molecular complexity index is 357. The summed E-state index contributed by atoms with van der Waals surface area (Å²) >= 11 is 0. The number of carbonyl (C=O) groups is 1. The van der Waals surface area contributed by atoms with Crippen molar-refractivity contribution in [2.24, 2.45) is 0 Å². The average Bonchev–Trinajstić information content (AvgIpc) is 3.06. The molecule has 1 saturated heterocycles. The largest absolute Gasteiger partial charge is 0.466 e. The lowest BCUT2D eigenvalue weighted by Gasteiger charge is -2.36. The second kappa shape index (κ2) is 6.87. The van der Waals surface area contributed by atoms with Gasteiger partial charge in [0.1, 0.15) is 0 Å². The van der Waals surface area contributed by atoms with Crippen LogP contribution >= 0.6 is 0 Å². The fourth-order valence-electron chi connectivity index (χ4n) is 1.65. The second-order valence-corrected chi connectivity index (χ2v) is 11.6. The third-order valence-corrected chi connectivity index (χ3v) is 8.72. The predicted octanol–water partition coefficient (Wildman–Crippen LogP) is 3.29. The summed E-state index contributed by atoms with van der Waals surface area (Å²) in [5, 5.41) is 0.250. The molecule has 0 aliphatic carbocycles. The highest BCUT2D eigenvalue weighted by atomic mass is 28.4. The lowest BCUT2D eigenvalue weighted by atomic mass is 10.2. The molecule has 0 spiro atoms. The molecule has 1 rings (SSSR count). The number of epoxide rings is 1. The summed E-state index contributed by atoms with van der Waals surface area (Å²) in [6, 6.07) is 0. The molecule has 0 aromatic carbocycles. The van der Waals surface area contributed by atoms with Crippen molar-refractivity contribution in [1.29, 1.82) is 0 Å². The van der Waals surface area contributed by atoms with Gasteiger partial charge in [0, 0.05) is 12.7 Å². The summed E-state index contributed by atoms with van der Waals surface area (Å²) in [6.45, 7) is 12.0. The van der Waals surface area contributed by atoms with Gasteiger partial charge in [-0.05, 0) is 31.0 Å². The summed E-state index contributed by atoms with van der Waals surface area (Å²) in [5.74, 6) is -0.316. The smallest absolute Gasteiger partial charge is 0.330 e. The molecule has 0 saturated carbocycles. The van der Waals surface area contributed by atoms with E-state index >= 15 is 0 Å². The van der Waals surface area contributed by atoms with Gasteiger partial charge in [-0.25, -0.2) is 4.79 Å². The third-order valence-electron chi connectivity index (χ3n) is 4.18. The van der Waals surface area contributed by atoms with E-state index in [0.717, 1.165) is 19.4 Å². The van der Waals surface area contributed by atoms with Crippen molar-refractivity contribution in [3.63, 3.8) is 0 Å². The number of ether oxygens (including phenoxy) is 2. The molecule has 0 aromatic heterocycles. The summed E-state index contributed by atoms with van der Waals surface area (Å²) in [6.07, 6.45) is 5.47. The molecule has 1 heterocycles. The van der Waals surface area contributed by atoms with E-state index in [4.69, 9.17) is 9.16 Å². The molecular weight excluding hydrogens is 272 g/mol. The zero-order valence-electron chi connectivity index (χ0n) is 13.6. The standard InChI is InChI=1S/C15H28O4Si/c1-15(2,3)20(5,6)18-11-10-13-12(19-13)8-7-9-14(16)17-4/h7,9,12-13H,8,10-11H2,1-6H3/t12-,13+/m0/s1. The van der Waals surface area contributed by atoms with Gasteiger partial charge in [-0.2, -0.15) is 0 Å². The Hall–Kier alpha value is -0.653. The molecule has 0 aromatic rings. The van der Waals surface area contributed by atoms with E-state index in [1.165, 1.54) is 13.2 Å². The minimum Gasteiger partial charge on any atom is -0.466 e. The normalized spacial score (nSPS) is 23.1. The second-order valence-electron chi connectivity index (χ2n) is 6.77. The first-order chi connectivity index (χ1) is 9.17. The number of esters is 1. The number of hydrogen-bond donors (Lipinski definition) is 0. The van der Waals surface area contributed by atoms with Crippen LogP contribution in [0.5, 0.6) is 0 Å². The van der Waals surface area contributed by atoms with Gasteiger partial charge in [0.25, 0.3) is 0 Å². The van der Waals surface area contributed by atoms with Crippen molar-refractivity contribution >= 4 is 14.3 Å². The summed E-state index contributed by atoms with van der Waals surface area (Å²) < 4.78 is 16.2. The molecule has 2 atom stereocenters. The molecule has 1 fully saturated rings. The number of hydrogen-bond acceptors (Lipinski definition) is 4. The van der Waals surface area contributed by atoms with E-state index in [1.54, 1.807) is 0 Å². The lowest BCUT2D eigenvalue weighted by molar-refractivity contribution is -0.134. The van der Waals surface area contributed by atoms with Crippen LogP contribution in [0.25, 0.3) is 0 Å². The highest BCUT2D eigenvalue weighted by Gasteiger charge is 2.40. The number of rotatable bonds is 7. The lowest BCUT2D eigenvalue weighted by Crippen LogP contribution is -2.41. The molecule has 0 bridgehead atoms. The molecule has 0 radical (unpaired) electrons. The Morgan fingerprint density at radius 1 is 1.30 bits per heavy atom. The van der Waals surface area contributed by atoms with Crippen LogP contribution in [0.1, 0.15) is 33.6 Å². The van der Waals surface area contributed by atoms with Crippen LogP contribution in [-0.4, -0.2) is 40.2 Å². The zero-order chi connectivity index (χ0) is 15.4. The third kappa shape index (κ3) is 5.38. The van der Waals surface area contributed by atoms with Gasteiger partial charge in [-0.15, -0.1) is 0 Å². The molecule has 0 N–H and O–H groups in total. The van der Waals surface area contributed by atoms with Crippen LogP contribution < -0.4 is 0 Å². The quantitative estimate of drug-likeness (QED) is 0.313. The first kappa shape index (κ1) is 17.4. The van der Waals surface area contributed by atoms with E-state index in [0.29, 0.717) is 0 Å². The van der Waals surface area contributed by atoms with Crippen molar-refractivity contribution in [3.05, 3.63) is 12.2 Å². The van der Waals surface area contributed by atoms with Crippen LogP contribution in [0.3, 0.4) is 0 Å². The fraction of sp³-hybridized carbons (Fsp3) is 0.800. The average molecular weight is 300 g/mol. The maximum atomic E-state index is 10.9. The van der Waals surface area contributed by atoms with Gasteiger partial charge in [-0.1, -0.05) is 26.8 Å². The van der Waals surface area contributed by atoms with Gasteiger partial charge in [0.15, 0.2) is 8.32 Å². The van der Waals surface area contributed by atoms with Crippen LogP contribution in [0.2, 0.25) is 18.1 Å². The molecule has 1 aliphatic rings. The summed E-state index contributed by atoms with van der Waals surface area (Å²) in [7, 11) is -0.266. The molecular formula is C15H28O4Si. The van der Waals surface area contributed by atoms with Crippen molar-refractivity contribution < 1.29 is 18.7 Å². The summed E-state index contributed by atoms with van der Waals surface area (Å²) in [4.78, 5) is 10.9. The Labute approximate surface area is 123 Å². The van der Waals surface area contributed by atoms with E-state index in [1.807, 2.05) is 6.08 Å². The Kier molecular flexibility index (Phi) is 5.98. The van der Waals surface area contributed by atoms with E-state index in [9.17, 15) is 4.79 Å². The Balaban J connectivity index is 2.17. The SMILES string of the molecule is COC(=O)C=CC[C@@H]1O[C@@H]1CCO[Si](C)(C)C(C)(C)C. The Morgan fingerprint density at radius 2 is 1.95 bits per heavy atom. The first-order valence-electron chi connectivity index (χ1n) is 7.21. The van der Waals surface area contributed by atoms with Crippen LogP contribution in [0.4, 0.5) is 0 Å². The maximum absolute atomic E-state index is 10.9. The van der Waals surface area contributed by atoms with Gasteiger partial charge < -0.3 is 13.9 Å². The monoisotopic (exact) mass is 300 g/mol. The molecule has 1 aliphatic heterocycles. The van der Waals surface area contributed by atoms with E-state index in [-0.39, 0.29) is 23.2 Å².